The van der Waals surface area contributed by atoms with Gasteiger partial charge in [0, 0.05) is 24.2 Å². The van der Waals surface area contributed by atoms with Crippen molar-refractivity contribution in [3.8, 4) is 0 Å². The van der Waals surface area contributed by atoms with Crippen molar-refractivity contribution in [1.29, 1.82) is 0 Å². The lowest BCUT2D eigenvalue weighted by Gasteiger charge is -2.12. The van der Waals surface area contributed by atoms with E-state index in [1.54, 1.807) is 30.5 Å². The standard InChI is InChI=1S/C20H22N4O2S/c1-14-8-10-27-18(14)13-23-20(21-2)22-12-15-5-3-6-16(11-15)24-19(25)17-7-4-9-26-17/h3-11H,12-13H2,1-2H3,(H,24,25)(H2,21,22,23). The number of rotatable bonds is 6. The van der Waals surface area contributed by atoms with Crippen molar-refractivity contribution in [1.82, 2.24) is 10.6 Å². The largest absolute Gasteiger partial charge is 0.459 e. The van der Waals surface area contributed by atoms with Crippen molar-refractivity contribution < 1.29 is 9.21 Å². The monoisotopic (exact) mass is 382 g/mol. The van der Waals surface area contributed by atoms with E-state index in [9.17, 15) is 4.79 Å². The van der Waals surface area contributed by atoms with Gasteiger partial charge in [0.1, 0.15) is 0 Å². The van der Waals surface area contributed by atoms with Gasteiger partial charge in [0.05, 0.1) is 12.8 Å². The fourth-order valence-corrected chi connectivity index (χ4v) is 3.36. The number of carbonyl (C=O) groups excluding carboxylic acids is 1. The van der Waals surface area contributed by atoms with E-state index in [4.69, 9.17) is 4.42 Å². The zero-order chi connectivity index (χ0) is 19.1. The van der Waals surface area contributed by atoms with Crippen LogP contribution in [0.2, 0.25) is 0 Å². The number of thiophene rings is 1. The molecular formula is C20H22N4O2S. The van der Waals surface area contributed by atoms with Crippen LogP contribution in [0.3, 0.4) is 0 Å². The molecule has 3 aromatic rings. The zero-order valence-corrected chi connectivity index (χ0v) is 16.1. The van der Waals surface area contributed by atoms with E-state index in [0.29, 0.717) is 12.2 Å². The lowest BCUT2D eigenvalue weighted by Crippen LogP contribution is -2.36. The molecule has 0 spiro atoms. The second kappa shape index (κ2) is 9.05. The molecule has 3 N–H and O–H groups in total. The molecule has 0 radical (unpaired) electrons. The predicted octanol–water partition coefficient (Wildman–Crippen LogP) is 3.77. The van der Waals surface area contributed by atoms with Gasteiger partial charge in [-0.2, -0.15) is 0 Å². The van der Waals surface area contributed by atoms with Crippen molar-refractivity contribution in [3.05, 3.63) is 75.9 Å². The average molecular weight is 382 g/mol. The molecule has 0 unspecified atom stereocenters. The molecule has 0 bridgehead atoms. The van der Waals surface area contributed by atoms with Crippen molar-refractivity contribution in [2.24, 2.45) is 4.99 Å². The minimum Gasteiger partial charge on any atom is -0.459 e. The maximum absolute atomic E-state index is 12.1. The number of benzene rings is 1. The molecule has 3 rings (SSSR count). The van der Waals surface area contributed by atoms with E-state index in [0.717, 1.165) is 18.1 Å². The van der Waals surface area contributed by atoms with Crippen LogP contribution in [0.4, 0.5) is 5.69 Å². The third-order valence-corrected chi connectivity index (χ3v) is 5.02. The van der Waals surface area contributed by atoms with E-state index in [-0.39, 0.29) is 11.7 Å². The fraction of sp³-hybridized carbons (Fsp3) is 0.200. The quantitative estimate of drug-likeness (QED) is 0.448. The van der Waals surface area contributed by atoms with Crippen LogP contribution < -0.4 is 16.0 Å². The van der Waals surface area contributed by atoms with Gasteiger partial charge in [-0.15, -0.1) is 11.3 Å². The number of hydrogen-bond donors (Lipinski definition) is 3. The lowest BCUT2D eigenvalue weighted by molar-refractivity contribution is 0.0996. The number of furan rings is 1. The summed E-state index contributed by atoms with van der Waals surface area (Å²) in [6.07, 6.45) is 1.48. The van der Waals surface area contributed by atoms with Gasteiger partial charge in [-0.25, -0.2) is 0 Å². The first kappa shape index (κ1) is 18.7. The van der Waals surface area contributed by atoms with Crippen LogP contribution >= 0.6 is 11.3 Å². The van der Waals surface area contributed by atoms with Gasteiger partial charge < -0.3 is 20.4 Å². The van der Waals surface area contributed by atoms with Crippen LogP contribution in [-0.2, 0) is 13.1 Å². The normalized spacial score (nSPS) is 11.3. The third-order valence-electron chi connectivity index (χ3n) is 4.00. The molecular weight excluding hydrogens is 360 g/mol. The summed E-state index contributed by atoms with van der Waals surface area (Å²) < 4.78 is 5.11. The molecule has 0 saturated heterocycles. The number of anilines is 1. The summed E-state index contributed by atoms with van der Waals surface area (Å²) in [5.41, 5.74) is 3.03. The fourth-order valence-electron chi connectivity index (χ4n) is 2.52. The summed E-state index contributed by atoms with van der Waals surface area (Å²) >= 11 is 1.73. The summed E-state index contributed by atoms with van der Waals surface area (Å²) in [7, 11) is 1.75. The summed E-state index contributed by atoms with van der Waals surface area (Å²) in [4.78, 5) is 17.6. The SMILES string of the molecule is CN=C(NCc1cccc(NC(=O)c2ccco2)c1)NCc1sccc1C. The molecule has 0 aliphatic carbocycles. The van der Waals surface area contributed by atoms with Crippen LogP contribution in [0.25, 0.3) is 0 Å². The molecule has 2 heterocycles. The highest BCUT2D eigenvalue weighted by atomic mass is 32.1. The highest BCUT2D eigenvalue weighted by Gasteiger charge is 2.09. The minimum absolute atomic E-state index is 0.270. The zero-order valence-electron chi connectivity index (χ0n) is 15.3. The molecule has 2 aromatic heterocycles. The van der Waals surface area contributed by atoms with Crippen LogP contribution in [0.15, 0.2) is 63.5 Å². The van der Waals surface area contributed by atoms with E-state index in [1.165, 1.54) is 16.7 Å². The Bertz CT molecular complexity index is 916. The topological polar surface area (TPSA) is 78.7 Å². The Morgan fingerprint density at radius 2 is 2.00 bits per heavy atom. The molecule has 0 atom stereocenters. The Labute approximate surface area is 162 Å². The van der Waals surface area contributed by atoms with Gasteiger partial charge in [0.2, 0.25) is 0 Å². The number of aliphatic imine (C=N–C) groups is 1. The maximum Gasteiger partial charge on any atom is 0.291 e. The summed E-state index contributed by atoms with van der Waals surface area (Å²) in [5.74, 6) is 0.744. The number of aryl methyl sites for hydroxylation is 1. The Hall–Kier alpha value is -3.06. The van der Waals surface area contributed by atoms with E-state index >= 15 is 0 Å². The predicted molar refractivity (Wildman–Crippen MR) is 109 cm³/mol. The van der Waals surface area contributed by atoms with Crippen LogP contribution in [0, 0.1) is 6.92 Å². The van der Waals surface area contributed by atoms with Crippen LogP contribution in [0.5, 0.6) is 0 Å². The van der Waals surface area contributed by atoms with Gasteiger partial charge in [0.15, 0.2) is 11.7 Å². The number of carbonyl (C=O) groups is 1. The Morgan fingerprint density at radius 1 is 1.15 bits per heavy atom. The number of nitrogens with zero attached hydrogens (tertiary/aromatic N) is 1. The molecule has 0 fully saturated rings. The van der Waals surface area contributed by atoms with Gasteiger partial charge in [-0.1, -0.05) is 12.1 Å². The first-order valence-corrected chi connectivity index (χ1v) is 9.45. The minimum atomic E-state index is -0.270. The number of amides is 1. The van der Waals surface area contributed by atoms with E-state index in [2.05, 4.69) is 39.3 Å². The number of nitrogens with one attached hydrogen (secondary N) is 3. The second-order valence-corrected chi connectivity index (χ2v) is 6.94. The molecule has 0 aliphatic rings. The van der Waals surface area contributed by atoms with Crippen LogP contribution in [-0.4, -0.2) is 18.9 Å². The van der Waals surface area contributed by atoms with E-state index < -0.39 is 0 Å². The summed E-state index contributed by atoms with van der Waals surface area (Å²) in [5, 5.41) is 11.5. The van der Waals surface area contributed by atoms with Gasteiger partial charge in [0.25, 0.3) is 5.91 Å². The molecule has 0 aliphatic heterocycles. The first-order chi connectivity index (χ1) is 13.2. The molecule has 0 saturated carbocycles. The van der Waals surface area contributed by atoms with Crippen molar-refractivity contribution >= 4 is 28.9 Å². The summed E-state index contributed by atoms with van der Waals surface area (Å²) in [6, 6.07) is 13.1. The van der Waals surface area contributed by atoms with Gasteiger partial charge >= 0.3 is 0 Å². The highest BCUT2D eigenvalue weighted by molar-refractivity contribution is 7.10. The van der Waals surface area contributed by atoms with Crippen molar-refractivity contribution in [2.45, 2.75) is 20.0 Å². The number of guanidine groups is 1. The van der Waals surface area contributed by atoms with Crippen molar-refractivity contribution in [2.75, 3.05) is 12.4 Å². The molecule has 27 heavy (non-hydrogen) atoms. The molecule has 7 heteroatoms. The Balaban J connectivity index is 1.54. The smallest absolute Gasteiger partial charge is 0.291 e. The van der Waals surface area contributed by atoms with Gasteiger partial charge in [-0.3, -0.25) is 9.79 Å². The molecule has 1 amide bonds. The lowest BCUT2D eigenvalue weighted by atomic mass is 10.2. The maximum atomic E-state index is 12.1. The van der Waals surface area contributed by atoms with E-state index in [1.807, 2.05) is 24.3 Å². The third kappa shape index (κ3) is 5.21. The molecule has 1 aromatic carbocycles. The first-order valence-electron chi connectivity index (χ1n) is 8.57. The Morgan fingerprint density at radius 3 is 2.70 bits per heavy atom. The van der Waals surface area contributed by atoms with Crippen molar-refractivity contribution in [3.63, 3.8) is 0 Å². The van der Waals surface area contributed by atoms with Gasteiger partial charge in [-0.05, 0) is 53.8 Å². The van der Waals surface area contributed by atoms with Crippen LogP contribution in [0.1, 0.15) is 26.6 Å². The highest BCUT2D eigenvalue weighted by Crippen LogP contribution is 2.15. The Kier molecular flexibility index (Phi) is 6.27. The average Bonchev–Trinajstić information content (AvgIpc) is 3.34. The summed E-state index contributed by atoms with van der Waals surface area (Å²) in [6.45, 7) is 3.43. The number of hydrogen-bond acceptors (Lipinski definition) is 4. The molecule has 140 valence electrons. The second-order valence-electron chi connectivity index (χ2n) is 5.94. The molecule has 6 nitrogen and oxygen atoms in total.